The maximum absolute atomic E-state index is 11.7. The van der Waals surface area contributed by atoms with Gasteiger partial charge in [-0.25, -0.2) is 0 Å². The van der Waals surface area contributed by atoms with Crippen LogP contribution in [-0.2, 0) is 4.79 Å². The van der Waals surface area contributed by atoms with Crippen LogP contribution < -0.4 is 11.1 Å². The van der Waals surface area contributed by atoms with Gasteiger partial charge in [-0.1, -0.05) is 38.9 Å². The van der Waals surface area contributed by atoms with E-state index in [-0.39, 0.29) is 11.4 Å². The van der Waals surface area contributed by atoms with E-state index in [0.717, 1.165) is 25.7 Å². The molecule has 86 valence electrons. The summed E-state index contributed by atoms with van der Waals surface area (Å²) in [6.45, 7) is 4.06. The van der Waals surface area contributed by atoms with E-state index in [1.807, 2.05) is 13.8 Å². The van der Waals surface area contributed by atoms with Gasteiger partial charge in [0.05, 0.1) is 10.5 Å². The molecule has 0 aromatic carbocycles. The quantitative estimate of drug-likeness (QED) is 0.721. The predicted molar refractivity (Wildman–Crippen MR) is 65.6 cm³/mol. The topological polar surface area (TPSA) is 55.1 Å². The number of nitrogens with two attached hydrogens (primary N) is 1. The van der Waals surface area contributed by atoms with Gasteiger partial charge < -0.3 is 11.1 Å². The van der Waals surface area contributed by atoms with Gasteiger partial charge >= 0.3 is 0 Å². The smallest absolute Gasteiger partial charge is 0.221 e. The standard InChI is InChI=1S/C11H20N2OS/c1-8(2)7-9(14)13-11(10(12)15)5-3-4-6-11/h8H,3-7H2,1-2H3,(H2,12,15)(H,13,14). The first kappa shape index (κ1) is 12.4. The average Bonchev–Trinajstić information content (AvgIpc) is 2.52. The molecular weight excluding hydrogens is 208 g/mol. The number of carbonyl (C=O) groups is 1. The summed E-state index contributed by atoms with van der Waals surface area (Å²) in [6, 6.07) is 0. The number of amides is 1. The lowest BCUT2D eigenvalue weighted by Gasteiger charge is -2.29. The van der Waals surface area contributed by atoms with E-state index in [0.29, 0.717) is 17.3 Å². The van der Waals surface area contributed by atoms with Crippen LogP contribution in [0.15, 0.2) is 0 Å². The minimum Gasteiger partial charge on any atom is -0.391 e. The molecular formula is C11H20N2OS. The third-order valence-electron chi connectivity index (χ3n) is 2.90. The molecule has 0 atom stereocenters. The Morgan fingerprint density at radius 1 is 1.47 bits per heavy atom. The summed E-state index contributed by atoms with van der Waals surface area (Å²) in [6.07, 6.45) is 4.53. The van der Waals surface area contributed by atoms with E-state index in [1.54, 1.807) is 0 Å². The van der Waals surface area contributed by atoms with Crippen LogP contribution in [0, 0.1) is 5.92 Å². The Morgan fingerprint density at radius 2 is 2.00 bits per heavy atom. The first-order valence-corrected chi connectivity index (χ1v) is 5.98. The van der Waals surface area contributed by atoms with Gasteiger partial charge in [0.1, 0.15) is 0 Å². The van der Waals surface area contributed by atoms with Crippen LogP contribution in [0.25, 0.3) is 0 Å². The maximum atomic E-state index is 11.7. The van der Waals surface area contributed by atoms with Crippen molar-refractivity contribution in [2.45, 2.75) is 51.5 Å². The Hall–Kier alpha value is -0.640. The monoisotopic (exact) mass is 228 g/mol. The Morgan fingerprint density at radius 3 is 2.40 bits per heavy atom. The molecule has 3 nitrogen and oxygen atoms in total. The lowest BCUT2D eigenvalue weighted by atomic mass is 9.96. The lowest BCUT2D eigenvalue weighted by molar-refractivity contribution is -0.123. The fraction of sp³-hybridized carbons (Fsp3) is 0.818. The van der Waals surface area contributed by atoms with Gasteiger partial charge in [0, 0.05) is 6.42 Å². The van der Waals surface area contributed by atoms with Gasteiger partial charge in [-0.3, -0.25) is 4.79 Å². The molecule has 1 rings (SSSR count). The van der Waals surface area contributed by atoms with Crippen molar-refractivity contribution in [2.24, 2.45) is 11.7 Å². The molecule has 0 spiro atoms. The van der Waals surface area contributed by atoms with Gasteiger partial charge in [-0.05, 0) is 18.8 Å². The molecule has 0 bridgehead atoms. The zero-order valence-electron chi connectivity index (χ0n) is 9.51. The highest BCUT2D eigenvalue weighted by Crippen LogP contribution is 2.30. The molecule has 1 aliphatic rings. The number of hydrogen-bond acceptors (Lipinski definition) is 2. The summed E-state index contributed by atoms with van der Waals surface area (Å²) in [4.78, 5) is 12.1. The summed E-state index contributed by atoms with van der Waals surface area (Å²) in [5.74, 6) is 0.439. The maximum Gasteiger partial charge on any atom is 0.221 e. The van der Waals surface area contributed by atoms with Gasteiger partial charge in [-0.15, -0.1) is 0 Å². The van der Waals surface area contributed by atoms with Crippen LogP contribution in [0.1, 0.15) is 46.0 Å². The first-order valence-electron chi connectivity index (χ1n) is 5.57. The third kappa shape index (κ3) is 3.16. The average molecular weight is 228 g/mol. The van der Waals surface area contributed by atoms with Gasteiger partial charge in [0.2, 0.25) is 5.91 Å². The van der Waals surface area contributed by atoms with Crippen molar-refractivity contribution < 1.29 is 4.79 Å². The van der Waals surface area contributed by atoms with Crippen LogP contribution in [0.3, 0.4) is 0 Å². The largest absolute Gasteiger partial charge is 0.391 e. The van der Waals surface area contributed by atoms with E-state index in [1.165, 1.54) is 0 Å². The van der Waals surface area contributed by atoms with Gasteiger partial charge in [0.25, 0.3) is 0 Å². The van der Waals surface area contributed by atoms with Crippen molar-refractivity contribution in [1.82, 2.24) is 5.32 Å². The van der Waals surface area contributed by atoms with E-state index in [2.05, 4.69) is 5.32 Å². The molecule has 1 saturated carbocycles. The third-order valence-corrected chi connectivity index (χ3v) is 3.29. The highest BCUT2D eigenvalue weighted by Gasteiger charge is 2.37. The van der Waals surface area contributed by atoms with Crippen molar-refractivity contribution >= 4 is 23.1 Å². The molecule has 3 N–H and O–H groups in total. The fourth-order valence-corrected chi connectivity index (χ4v) is 2.36. The van der Waals surface area contributed by atoms with E-state index in [9.17, 15) is 4.79 Å². The summed E-state index contributed by atoms with van der Waals surface area (Å²) in [7, 11) is 0. The Bertz CT molecular complexity index is 257. The number of nitrogens with one attached hydrogen (secondary N) is 1. The van der Waals surface area contributed by atoms with E-state index >= 15 is 0 Å². The van der Waals surface area contributed by atoms with Crippen LogP contribution in [0.4, 0.5) is 0 Å². The van der Waals surface area contributed by atoms with Gasteiger partial charge in [-0.2, -0.15) is 0 Å². The Balaban J connectivity index is 2.59. The fourth-order valence-electron chi connectivity index (χ4n) is 2.10. The van der Waals surface area contributed by atoms with Crippen molar-refractivity contribution in [3.8, 4) is 0 Å². The zero-order chi connectivity index (χ0) is 11.5. The van der Waals surface area contributed by atoms with Crippen LogP contribution in [0.2, 0.25) is 0 Å². The molecule has 0 saturated heterocycles. The molecule has 1 fully saturated rings. The minimum absolute atomic E-state index is 0.0692. The Labute approximate surface area is 96.8 Å². The van der Waals surface area contributed by atoms with Crippen LogP contribution in [0.5, 0.6) is 0 Å². The Kier molecular flexibility index (Phi) is 4.08. The van der Waals surface area contributed by atoms with Crippen molar-refractivity contribution in [2.75, 3.05) is 0 Å². The summed E-state index contributed by atoms with van der Waals surface area (Å²) in [5, 5.41) is 3.02. The molecule has 4 heteroatoms. The van der Waals surface area contributed by atoms with Crippen molar-refractivity contribution in [1.29, 1.82) is 0 Å². The van der Waals surface area contributed by atoms with Crippen molar-refractivity contribution in [3.05, 3.63) is 0 Å². The summed E-state index contributed by atoms with van der Waals surface area (Å²) < 4.78 is 0. The molecule has 0 heterocycles. The SMILES string of the molecule is CC(C)CC(=O)NC1(C(N)=S)CCCC1. The number of carbonyl (C=O) groups excluding carboxylic acids is 1. The van der Waals surface area contributed by atoms with Gasteiger partial charge in [0.15, 0.2) is 0 Å². The lowest BCUT2D eigenvalue weighted by Crippen LogP contribution is -2.54. The second kappa shape index (κ2) is 4.92. The number of rotatable bonds is 4. The molecule has 0 unspecified atom stereocenters. The minimum atomic E-state index is -0.388. The van der Waals surface area contributed by atoms with E-state index < -0.39 is 0 Å². The molecule has 0 aliphatic heterocycles. The number of hydrogen-bond donors (Lipinski definition) is 2. The predicted octanol–water partition coefficient (Wildman–Crippen LogP) is 1.75. The second-order valence-corrected chi connectivity index (χ2v) is 5.24. The highest BCUT2D eigenvalue weighted by molar-refractivity contribution is 7.80. The van der Waals surface area contributed by atoms with Crippen LogP contribution >= 0.6 is 12.2 Å². The summed E-state index contributed by atoms with van der Waals surface area (Å²) >= 11 is 5.06. The highest BCUT2D eigenvalue weighted by atomic mass is 32.1. The molecule has 0 aromatic rings. The molecule has 1 amide bonds. The second-order valence-electron chi connectivity index (χ2n) is 4.80. The summed E-state index contributed by atoms with van der Waals surface area (Å²) in [5.41, 5.74) is 5.34. The number of thiocarbonyl (C=S) groups is 1. The van der Waals surface area contributed by atoms with Crippen molar-refractivity contribution in [3.63, 3.8) is 0 Å². The zero-order valence-corrected chi connectivity index (χ0v) is 10.3. The molecule has 15 heavy (non-hydrogen) atoms. The van der Waals surface area contributed by atoms with E-state index in [4.69, 9.17) is 18.0 Å². The van der Waals surface area contributed by atoms with Crippen LogP contribution in [-0.4, -0.2) is 16.4 Å². The molecule has 0 aromatic heterocycles. The molecule has 0 radical (unpaired) electrons. The normalized spacial score (nSPS) is 19.1. The first-order chi connectivity index (χ1) is 6.96. The molecule has 1 aliphatic carbocycles.